The van der Waals surface area contributed by atoms with E-state index in [1.54, 1.807) is 13.8 Å². The van der Waals surface area contributed by atoms with E-state index in [1.807, 2.05) is 0 Å². The summed E-state index contributed by atoms with van der Waals surface area (Å²) in [5.74, 6) is 0. The van der Waals surface area contributed by atoms with Gasteiger partial charge in [0.15, 0.2) is 0 Å². The Kier molecular flexibility index (Phi) is 4.34. The van der Waals surface area contributed by atoms with Crippen molar-refractivity contribution >= 4 is 20.9 Å². The summed E-state index contributed by atoms with van der Waals surface area (Å²) in [6.45, 7) is 3.78. The molecule has 2 N–H and O–H groups in total. The number of hydrogen-bond acceptors (Lipinski definition) is 5. The molecule has 136 valence electrons. The third kappa shape index (κ3) is 2.92. The Morgan fingerprint density at radius 2 is 1.80 bits per heavy atom. The zero-order valence-electron chi connectivity index (χ0n) is 14.2. The average molecular weight is 367 g/mol. The van der Waals surface area contributed by atoms with Gasteiger partial charge in [0.25, 0.3) is 5.56 Å². The second kappa shape index (κ2) is 6.08. The molecule has 0 atom stereocenters. The van der Waals surface area contributed by atoms with Crippen molar-refractivity contribution in [1.82, 2.24) is 13.9 Å². The maximum absolute atomic E-state index is 12.6. The van der Waals surface area contributed by atoms with Gasteiger partial charge in [-0.1, -0.05) is 0 Å². The van der Waals surface area contributed by atoms with Gasteiger partial charge in [-0.05, 0) is 44.9 Å². The molecule has 0 spiro atoms. The van der Waals surface area contributed by atoms with Crippen molar-refractivity contribution in [1.29, 1.82) is 0 Å². The third-order valence-electron chi connectivity index (χ3n) is 4.65. The molecule has 1 heterocycles. The molecule has 1 saturated carbocycles. The van der Waals surface area contributed by atoms with Crippen LogP contribution in [0.5, 0.6) is 0 Å². The quantitative estimate of drug-likeness (QED) is 0.747. The summed E-state index contributed by atoms with van der Waals surface area (Å²) in [4.78, 5) is 24.9. The third-order valence-corrected chi connectivity index (χ3v) is 6.22. The number of nitrogens with zero attached hydrogens (tertiary/aromatic N) is 2. The zero-order chi connectivity index (χ0) is 18.4. The maximum atomic E-state index is 12.6. The Labute approximate surface area is 144 Å². The molecule has 25 heavy (non-hydrogen) atoms. The first kappa shape index (κ1) is 17.8. The maximum Gasteiger partial charge on any atom is 0.331 e. The van der Waals surface area contributed by atoms with E-state index in [2.05, 4.69) is 4.72 Å². The van der Waals surface area contributed by atoms with Gasteiger partial charge in [0.05, 0.1) is 27.9 Å². The Morgan fingerprint density at radius 1 is 1.16 bits per heavy atom. The average Bonchev–Trinajstić information content (AvgIpc) is 3.35. The van der Waals surface area contributed by atoms with Gasteiger partial charge in [0.2, 0.25) is 10.0 Å². The second-order valence-corrected chi connectivity index (χ2v) is 7.98. The van der Waals surface area contributed by atoms with E-state index in [0.717, 1.165) is 4.57 Å². The number of sulfonamides is 1. The summed E-state index contributed by atoms with van der Waals surface area (Å²) in [6, 6.07) is 4.15. The fourth-order valence-electron chi connectivity index (χ4n) is 2.94. The van der Waals surface area contributed by atoms with Crippen LogP contribution in [-0.2, 0) is 23.1 Å². The van der Waals surface area contributed by atoms with Crippen molar-refractivity contribution in [3.8, 4) is 0 Å². The van der Waals surface area contributed by atoms with E-state index in [-0.39, 0.29) is 23.4 Å². The van der Waals surface area contributed by atoms with Crippen LogP contribution in [-0.4, -0.2) is 34.8 Å². The number of rotatable bonds is 6. The van der Waals surface area contributed by atoms with Crippen molar-refractivity contribution in [2.45, 2.75) is 50.2 Å². The van der Waals surface area contributed by atoms with E-state index in [1.165, 1.54) is 22.8 Å². The molecule has 2 aromatic rings. The van der Waals surface area contributed by atoms with Gasteiger partial charge >= 0.3 is 5.69 Å². The summed E-state index contributed by atoms with van der Waals surface area (Å²) >= 11 is 0. The van der Waals surface area contributed by atoms with Gasteiger partial charge in [-0.25, -0.2) is 17.9 Å². The molecule has 9 heteroatoms. The summed E-state index contributed by atoms with van der Waals surface area (Å²) in [7, 11) is -3.87. The molecular weight excluding hydrogens is 346 g/mol. The summed E-state index contributed by atoms with van der Waals surface area (Å²) in [5, 5.41) is 9.51. The van der Waals surface area contributed by atoms with Crippen LogP contribution in [0.25, 0.3) is 10.9 Å². The molecule has 1 aromatic heterocycles. The number of aliphatic hydroxyl groups excluding tert-OH is 1. The second-order valence-electron chi connectivity index (χ2n) is 6.30. The minimum atomic E-state index is -3.87. The van der Waals surface area contributed by atoms with E-state index >= 15 is 0 Å². The van der Waals surface area contributed by atoms with Crippen LogP contribution in [0.4, 0.5) is 0 Å². The summed E-state index contributed by atoms with van der Waals surface area (Å²) < 4.78 is 30.2. The van der Waals surface area contributed by atoms with Gasteiger partial charge < -0.3 is 5.11 Å². The standard InChI is InChI=1S/C16H21N3O5S/c1-3-18-13-6-5-11(25(23,24)17-16(10-20)7-8-16)9-12(13)14(21)19(4-2)15(18)22/h5-6,9,17,20H,3-4,7-8,10H2,1-2H3. The lowest BCUT2D eigenvalue weighted by atomic mass is 10.2. The number of aromatic nitrogens is 2. The van der Waals surface area contributed by atoms with Crippen LogP contribution in [0.1, 0.15) is 26.7 Å². The highest BCUT2D eigenvalue weighted by atomic mass is 32.2. The predicted octanol–water partition coefficient (Wildman–Crippen LogP) is 0.00620. The highest BCUT2D eigenvalue weighted by Gasteiger charge is 2.45. The van der Waals surface area contributed by atoms with Crippen LogP contribution in [0.2, 0.25) is 0 Å². The van der Waals surface area contributed by atoms with Crippen molar-refractivity contribution in [2.24, 2.45) is 0 Å². The molecular formula is C16H21N3O5S. The topological polar surface area (TPSA) is 110 Å². The van der Waals surface area contributed by atoms with Gasteiger partial charge in [0, 0.05) is 13.1 Å². The summed E-state index contributed by atoms with van der Waals surface area (Å²) in [5.41, 5.74) is -1.30. The molecule has 0 radical (unpaired) electrons. The molecule has 8 nitrogen and oxygen atoms in total. The van der Waals surface area contributed by atoms with Crippen LogP contribution in [0.3, 0.4) is 0 Å². The molecule has 1 aromatic carbocycles. The van der Waals surface area contributed by atoms with Gasteiger partial charge in [0.1, 0.15) is 0 Å². The van der Waals surface area contributed by atoms with Crippen molar-refractivity contribution in [3.05, 3.63) is 39.0 Å². The number of benzene rings is 1. The van der Waals surface area contributed by atoms with E-state index in [9.17, 15) is 23.1 Å². The molecule has 0 saturated heterocycles. The van der Waals surface area contributed by atoms with Crippen LogP contribution in [0, 0.1) is 0 Å². The highest BCUT2D eigenvalue weighted by Crippen LogP contribution is 2.36. The Hall–Kier alpha value is -1.97. The fourth-order valence-corrected chi connectivity index (χ4v) is 4.42. The summed E-state index contributed by atoms with van der Waals surface area (Å²) in [6.07, 6.45) is 1.16. The molecule has 0 bridgehead atoms. The first-order chi connectivity index (χ1) is 11.8. The molecule has 0 aliphatic heterocycles. The Balaban J connectivity index is 2.21. The molecule has 1 aliphatic rings. The van der Waals surface area contributed by atoms with E-state index in [0.29, 0.717) is 24.9 Å². The lowest BCUT2D eigenvalue weighted by Crippen LogP contribution is -2.40. The largest absolute Gasteiger partial charge is 0.394 e. The zero-order valence-corrected chi connectivity index (χ0v) is 15.0. The number of fused-ring (bicyclic) bond motifs is 1. The van der Waals surface area contributed by atoms with Crippen molar-refractivity contribution in [2.75, 3.05) is 6.61 Å². The van der Waals surface area contributed by atoms with Crippen LogP contribution < -0.4 is 16.0 Å². The first-order valence-corrected chi connectivity index (χ1v) is 9.69. The smallest absolute Gasteiger partial charge is 0.331 e. The molecule has 1 fully saturated rings. The monoisotopic (exact) mass is 367 g/mol. The number of aliphatic hydroxyl groups is 1. The normalized spacial score (nSPS) is 16.3. The van der Waals surface area contributed by atoms with Gasteiger partial charge in [-0.2, -0.15) is 0 Å². The number of aryl methyl sites for hydroxylation is 1. The SMILES string of the molecule is CCn1c(=O)c2cc(S(=O)(=O)NC3(CO)CC3)ccc2n(CC)c1=O. The van der Waals surface area contributed by atoms with Gasteiger partial charge in [-0.3, -0.25) is 13.9 Å². The van der Waals surface area contributed by atoms with Crippen LogP contribution in [0.15, 0.2) is 32.7 Å². The van der Waals surface area contributed by atoms with Gasteiger partial charge in [-0.15, -0.1) is 0 Å². The van der Waals surface area contributed by atoms with Crippen molar-refractivity contribution < 1.29 is 13.5 Å². The minimum Gasteiger partial charge on any atom is -0.394 e. The first-order valence-electron chi connectivity index (χ1n) is 8.21. The lowest BCUT2D eigenvalue weighted by Gasteiger charge is -2.16. The molecule has 0 amide bonds. The minimum absolute atomic E-state index is 0.0548. The molecule has 1 aliphatic carbocycles. The van der Waals surface area contributed by atoms with E-state index in [4.69, 9.17) is 0 Å². The fraction of sp³-hybridized carbons (Fsp3) is 0.500. The lowest BCUT2D eigenvalue weighted by molar-refractivity contribution is 0.246. The van der Waals surface area contributed by atoms with Crippen molar-refractivity contribution in [3.63, 3.8) is 0 Å². The Morgan fingerprint density at radius 3 is 2.32 bits per heavy atom. The molecule has 3 rings (SSSR count). The number of nitrogens with one attached hydrogen (secondary N) is 1. The van der Waals surface area contributed by atoms with Crippen LogP contribution >= 0.6 is 0 Å². The Bertz CT molecular complexity index is 1050. The number of hydrogen-bond donors (Lipinski definition) is 2. The van der Waals surface area contributed by atoms with E-state index < -0.39 is 26.8 Å². The molecule has 0 unspecified atom stereocenters. The predicted molar refractivity (Wildman–Crippen MR) is 93.2 cm³/mol. The highest BCUT2D eigenvalue weighted by molar-refractivity contribution is 7.89.